The Hall–Kier alpha value is -1.79. The van der Waals surface area contributed by atoms with Gasteiger partial charge in [0.05, 0.1) is 19.6 Å². The molecule has 0 saturated carbocycles. The number of carbonyl (C=O) groups is 1. The van der Waals surface area contributed by atoms with Crippen LogP contribution in [0.5, 0.6) is 11.5 Å². The van der Waals surface area contributed by atoms with E-state index in [2.05, 4.69) is 0 Å². The van der Waals surface area contributed by atoms with E-state index >= 15 is 0 Å². The van der Waals surface area contributed by atoms with Crippen LogP contribution < -0.4 is 9.47 Å². The largest absolute Gasteiger partial charge is 0.490 e. The number of hydrogen-bond acceptors (Lipinski definition) is 5. The number of carboxylic acids is 1. The van der Waals surface area contributed by atoms with Gasteiger partial charge in [-0.3, -0.25) is 4.79 Å². The molecule has 0 aliphatic carbocycles. The van der Waals surface area contributed by atoms with Crippen molar-refractivity contribution in [2.75, 3.05) is 27.4 Å². The number of methoxy groups -OCH3 is 2. The first-order valence-electron chi connectivity index (χ1n) is 7.25. The molecule has 0 aliphatic rings. The Morgan fingerprint density at radius 2 is 1.68 bits per heavy atom. The summed E-state index contributed by atoms with van der Waals surface area (Å²) in [5.74, 6) is -0.827. The highest BCUT2D eigenvalue weighted by atomic mass is 16.7. The standard InChI is InChI=1S/C16H24O6/c1-5-21-13-8-7-12(11-14(13)22-6-2)16(19-3,20-4)10-9-15(17)18/h7-8,11H,5-6,9-10H2,1-4H3,(H,17,18). The van der Waals surface area contributed by atoms with Crippen molar-refractivity contribution in [3.05, 3.63) is 23.8 Å². The van der Waals surface area contributed by atoms with Gasteiger partial charge in [-0.15, -0.1) is 0 Å². The van der Waals surface area contributed by atoms with E-state index < -0.39 is 11.8 Å². The van der Waals surface area contributed by atoms with E-state index in [1.165, 1.54) is 14.2 Å². The van der Waals surface area contributed by atoms with Crippen molar-refractivity contribution in [3.63, 3.8) is 0 Å². The van der Waals surface area contributed by atoms with Crippen LogP contribution in [-0.4, -0.2) is 38.5 Å². The minimum absolute atomic E-state index is 0.0706. The Bertz CT molecular complexity index is 482. The number of ether oxygens (including phenoxy) is 4. The number of aliphatic carboxylic acids is 1. The maximum Gasteiger partial charge on any atom is 0.303 e. The van der Waals surface area contributed by atoms with Crippen LogP contribution in [0.25, 0.3) is 0 Å². The predicted octanol–water partition coefficient (Wildman–Crippen LogP) is 2.79. The van der Waals surface area contributed by atoms with Crippen molar-refractivity contribution in [2.24, 2.45) is 0 Å². The van der Waals surface area contributed by atoms with Crippen LogP contribution in [0.4, 0.5) is 0 Å². The molecule has 0 saturated heterocycles. The summed E-state index contributed by atoms with van der Waals surface area (Å²) in [6, 6.07) is 5.34. The van der Waals surface area contributed by atoms with Gasteiger partial charge in [-0.1, -0.05) is 0 Å². The fourth-order valence-corrected chi connectivity index (χ4v) is 2.23. The van der Waals surface area contributed by atoms with Gasteiger partial charge >= 0.3 is 5.97 Å². The molecule has 22 heavy (non-hydrogen) atoms. The van der Waals surface area contributed by atoms with Gasteiger partial charge in [0.25, 0.3) is 0 Å². The number of benzene rings is 1. The van der Waals surface area contributed by atoms with E-state index in [0.29, 0.717) is 30.3 Å². The molecule has 0 bridgehead atoms. The highest BCUT2D eigenvalue weighted by Crippen LogP contribution is 2.37. The van der Waals surface area contributed by atoms with Crippen LogP contribution in [0.15, 0.2) is 18.2 Å². The summed E-state index contributed by atoms with van der Waals surface area (Å²) in [4.78, 5) is 10.9. The van der Waals surface area contributed by atoms with Gasteiger partial charge in [0.1, 0.15) is 0 Å². The molecule has 6 heteroatoms. The van der Waals surface area contributed by atoms with Crippen molar-refractivity contribution in [2.45, 2.75) is 32.5 Å². The maximum absolute atomic E-state index is 10.9. The average Bonchev–Trinajstić information content (AvgIpc) is 2.51. The van der Waals surface area contributed by atoms with Crippen LogP contribution in [0.3, 0.4) is 0 Å². The summed E-state index contributed by atoms with van der Waals surface area (Å²) >= 11 is 0. The Morgan fingerprint density at radius 3 is 2.18 bits per heavy atom. The van der Waals surface area contributed by atoms with Gasteiger partial charge < -0.3 is 24.1 Å². The SMILES string of the molecule is CCOc1ccc(C(CCC(=O)O)(OC)OC)cc1OCC. The van der Waals surface area contributed by atoms with Gasteiger partial charge in [-0.2, -0.15) is 0 Å². The molecule has 0 aliphatic heterocycles. The van der Waals surface area contributed by atoms with E-state index in [1.54, 1.807) is 18.2 Å². The molecule has 1 aromatic carbocycles. The molecule has 1 aromatic rings. The Balaban J connectivity index is 3.18. The molecular weight excluding hydrogens is 288 g/mol. The van der Waals surface area contributed by atoms with Gasteiger partial charge in [0.15, 0.2) is 17.3 Å². The van der Waals surface area contributed by atoms with E-state index in [9.17, 15) is 4.79 Å². The molecule has 0 heterocycles. The highest BCUT2D eigenvalue weighted by molar-refractivity contribution is 5.66. The van der Waals surface area contributed by atoms with Crippen LogP contribution in [0.1, 0.15) is 32.3 Å². The lowest BCUT2D eigenvalue weighted by Crippen LogP contribution is -2.31. The van der Waals surface area contributed by atoms with E-state index in [4.69, 9.17) is 24.1 Å². The fraction of sp³-hybridized carbons (Fsp3) is 0.562. The van der Waals surface area contributed by atoms with E-state index in [-0.39, 0.29) is 12.8 Å². The van der Waals surface area contributed by atoms with Gasteiger partial charge in [-0.25, -0.2) is 0 Å². The second kappa shape index (κ2) is 8.60. The summed E-state index contributed by atoms with van der Waals surface area (Å²) in [5, 5.41) is 8.91. The summed E-state index contributed by atoms with van der Waals surface area (Å²) in [5.41, 5.74) is 0.686. The van der Waals surface area contributed by atoms with Crippen LogP contribution in [0, 0.1) is 0 Å². The minimum Gasteiger partial charge on any atom is -0.490 e. The normalized spacial score (nSPS) is 11.3. The second-order valence-electron chi connectivity index (χ2n) is 4.58. The van der Waals surface area contributed by atoms with Crippen molar-refractivity contribution < 1.29 is 28.8 Å². The van der Waals surface area contributed by atoms with Crippen LogP contribution in [-0.2, 0) is 20.1 Å². The third-order valence-electron chi connectivity index (χ3n) is 3.31. The first-order chi connectivity index (χ1) is 10.5. The Morgan fingerprint density at radius 1 is 1.09 bits per heavy atom. The maximum atomic E-state index is 10.9. The number of hydrogen-bond donors (Lipinski definition) is 1. The third-order valence-corrected chi connectivity index (χ3v) is 3.31. The van der Waals surface area contributed by atoms with Gasteiger partial charge in [0.2, 0.25) is 0 Å². The zero-order chi connectivity index (χ0) is 16.6. The first-order valence-corrected chi connectivity index (χ1v) is 7.25. The molecule has 0 aromatic heterocycles. The number of rotatable bonds is 10. The molecule has 6 nitrogen and oxygen atoms in total. The van der Waals surface area contributed by atoms with Crippen molar-refractivity contribution in [1.29, 1.82) is 0 Å². The molecule has 0 unspecified atom stereocenters. The van der Waals surface area contributed by atoms with E-state index in [0.717, 1.165) is 0 Å². The lowest BCUT2D eigenvalue weighted by Gasteiger charge is -2.31. The molecular formula is C16H24O6. The van der Waals surface area contributed by atoms with Crippen molar-refractivity contribution in [1.82, 2.24) is 0 Å². The molecule has 0 radical (unpaired) electrons. The van der Waals surface area contributed by atoms with Crippen molar-refractivity contribution in [3.8, 4) is 11.5 Å². The van der Waals surface area contributed by atoms with E-state index in [1.807, 2.05) is 13.8 Å². The summed E-state index contributed by atoms with van der Waals surface area (Å²) in [6.45, 7) is 4.79. The quantitative estimate of drug-likeness (QED) is 0.670. The molecule has 1 rings (SSSR count). The molecule has 124 valence electrons. The smallest absolute Gasteiger partial charge is 0.303 e. The fourth-order valence-electron chi connectivity index (χ4n) is 2.23. The Labute approximate surface area is 130 Å². The third kappa shape index (κ3) is 4.35. The molecule has 0 fully saturated rings. The molecule has 0 atom stereocenters. The molecule has 0 amide bonds. The predicted molar refractivity (Wildman–Crippen MR) is 81.3 cm³/mol. The second-order valence-corrected chi connectivity index (χ2v) is 4.58. The molecule has 0 spiro atoms. The summed E-state index contributed by atoms with van der Waals surface area (Å²) in [7, 11) is 2.98. The number of carboxylic acid groups (broad SMARTS) is 1. The molecule has 1 N–H and O–H groups in total. The topological polar surface area (TPSA) is 74.2 Å². The minimum atomic E-state index is -1.13. The van der Waals surface area contributed by atoms with Crippen molar-refractivity contribution >= 4 is 5.97 Å². The lowest BCUT2D eigenvalue weighted by molar-refractivity contribution is -0.221. The van der Waals surface area contributed by atoms with Gasteiger partial charge in [-0.05, 0) is 32.0 Å². The van der Waals surface area contributed by atoms with Crippen LogP contribution in [0.2, 0.25) is 0 Å². The summed E-state index contributed by atoms with van der Waals surface area (Å²) in [6.07, 6.45) is 0.119. The zero-order valence-electron chi connectivity index (χ0n) is 13.5. The Kier molecular flexibility index (Phi) is 7.14. The highest BCUT2D eigenvalue weighted by Gasteiger charge is 2.33. The van der Waals surface area contributed by atoms with Gasteiger partial charge in [0, 0.05) is 26.2 Å². The summed E-state index contributed by atoms with van der Waals surface area (Å²) < 4.78 is 22.1. The zero-order valence-corrected chi connectivity index (χ0v) is 13.5. The average molecular weight is 312 g/mol. The monoisotopic (exact) mass is 312 g/mol. The lowest BCUT2D eigenvalue weighted by atomic mass is 9.99. The first kappa shape index (κ1) is 18.3. The van der Waals surface area contributed by atoms with Crippen LogP contribution >= 0.6 is 0 Å².